The van der Waals surface area contributed by atoms with Gasteiger partial charge in [-0.15, -0.1) is 0 Å². The number of aromatic nitrogens is 2. The third-order valence-electron chi connectivity index (χ3n) is 3.42. The van der Waals surface area contributed by atoms with Gasteiger partial charge < -0.3 is 9.88 Å². The van der Waals surface area contributed by atoms with E-state index in [4.69, 9.17) is 0 Å². The molecule has 1 aromatic heterocycles. The van der Waals surface area contributed by atoms with Gasteiger partial charge in [0.2, 0.25) is 0 Å². The predicted octanol–water partition coefficient (Wildman–Crippen LogP) is 3.09. The summed E-state index contributed by atoms with van der Waals surface area (Å²) >= 11 is 0. The molecule has 0 bridgehead atoms. The lowest BCUT2D eigenvalue weighted by atomic mass is 10.0. The highest BCUT2D eigenvalue weighted by atomic mass is 15.1. The normalized spacial score (nSPS) is 12.5. The standard InChI is InChI=1S/C16H23N3/c1-3-11-18-15(16-12-17-13-19(16)2)10-9-14-7-5-4-6-8-14/h4-8,12-13,15,18H,3,9-11H2,1-2H3. The summed E-state index contributed by atoms with van der Waals surface area (Å²) in [4.78, 5) is 4.23. The van der Waals surface area contributed by atoms with Gasteiger partial charge in [-0.1, -0.05) is 37.3 Å². The first kappa shape index (κ1) is 13.8. The fourth-order valence-corrected chi connectivity index (χ4v) is 2.33. The van der Waals surface area contributed by atoms with Crippen molar-refractivity contribution in [3.05, 3.63) is 54.1 Å². The molecule has 0 aliphatic heterocycles. The van der Waals surface area contributed by atoms with Crippen LogP contribution in [0, 0.1) is 0 Å². The van der Waals surface area contributed by atoms with Crippen molar-refractivity contribution in [1.82, 2.24) is 14.9 Å². The van der Waals surface area contributed by atoms with Crippen LogP contribution in [0.5, 0.6) is 0 Å². The van der Waals surface area contributed by atoms with Gasteiger partial charge in [0.25, 0.3) is 0 Å². The molecule has 1 atom stereocenters. The van der Waals surface area contributed by atoms with Crippen molar-refractivity contribution in [2.45, 2.75) is 32.2 Å². The Morgan fingerprint density at radius 3 is 2.68 bits per heavy atom. The number of nitrogens with zero attached hydrogens (tertiary/aromatic N) is 2. The maximum atomic E-state index is 4.23. The zero-order valence-electron chi connectivity index (χ0n) is 11.8. The van der Waals surface area contributed by atoms with E-state index >= 15 is 0 Å². The molecule has 1 unspecified atom stereocenters. The molecule has 1 heterocycles. The van der Waals surface area contributed by atoms with E-state index in [2.05, 4.69) is 59.2 Å². The lowest BCUT2D eigenvalue weighted by Gasteiger charge is -2.19. The number of benzene rings is 1. The summed E-state index contributed by atoms with van der Waals surface area (Å²) in [5, 5.41) is 3.62. The summed E-state index contributed by atoms with van der Waals surface area (Å²) in [5.41, 5.74) is 2.66. The van der Waals surface area contributed by atoms with Crippen molar-refractivity contribution in [2.24, 2.45) is 7.05 Å². The van der Waals surface area contributed by atoms with Crippen LogP contribution in [-0.2, 0) is 13.5 Å². The quantitative estimate of drug-likeness (QED) is 0.826. The molecular weight excluding hydrogens is 234 g/mol. The topological polar surface area (TPSA) is 29.9 Å². The number of hydrogen-bond donors (Lipinski definition) is 1. The minimum atomic E-state index is 0.382. The molecule has 0 amide bonds. The molecule has 2 rings (SSSR count). The second kappa shape index (κ2) is 7.10. The number of aryl methyl sites for hydroxylation is 2. The maximum absolute atomic E-state index is 4.23. The molecule has 0 radical (unpaired) electrons. The van der Waals surface area contributed by atoms with Gasteiger partial charge in [-0.25, -0.2) is 4.98 Å². The molecule has 1 N–H and O–H groups in total. The summed E-state index contributed by atoms with van der Waals surface area (Å²) in [7, 11) is 2.06. The van der Waals surface area contributed by atoms with Crippen molar-refractivity contribution < 1.29 is 0 Å². The maximum Gasteiger partial charge on any atom is 0.0946 e. The average molecular weight is 257 g/mol. The number of hydrogen-bond acceptors (Lipinski definition) is 2. The van der Waals surface area contributed by atoms with E-state index in [-0.39, 0.29) is 0 Å². The first-order chi connectivity index (χ1) is 9.31. The van der Waals surface area contributed by atoms with Gasteiger partial charge in [0.15, 0.2) is 0 Å². The molecule has 0 aliphatic rings. The van der Waals surface area contributed by atoms with Crippen molar-refractivity contribution >= 4 is 0 Å². The Morgan fingerprint density at radius 1 is 1.26 bits per heavy atom. The van der Waals surface area contributed by atoms with Crippen LogP contribution in [-0.4, -0.2) is 16.1 Å². The Morgan fingerprint density at radius 2 is 2.05 bits per heavy atom. The molecule has 3 nitrogen and oxygen atoms in total. The van der Waals surface area contributed by atoms with E-state index in [1.807, 2.05) is 12.5 Å². The third-order valence-corrected chi connectivity index (χ3v) is 3.42. The Kier molecular flexibility index (Phi) is 5.16. The minimum Gasteiger partial charge on any atom is -0.336 e. The lowest BCUT2D eigenvalue weighted by Crippen LogP contribution is -2.24. The Balaban J connectivity index is 2.00. The Labute approximate surface area is 115 Å². The molecule has 102 valence electrons. The summed E-state index contributed by atoms with van der Waals surface area (Å²) in [6.07, 6.45) is 7.19. The smallest absolute Gasteiger partial charge is 0.0946 e. The van der Waals surface area contributed by atoms with Crippen LogP contribution < -0.4 is 5.32 Å². The van der Waals surface area contributed by atoms with E-state index < -0.39 is 0 Å². The van der Waals surface area contributed by atoms with Gasteiger partial charge in [0.1, 0.15) is 0 Å². The van der Waals surface area contributed by atoms with Crippen molar-refractivity contribution in [3.8, 4) is 0 Å². The van der Waals surface area contributed by atoms with Gasteiger partial charge in [-0.3, -0.25) is 0 Å². The van der Waals surface area contributed by atoms with Gasteiger partial charge in [0, 0.05) is 19.3 Å². The van der Waals surface area contributed by atoms with Crippen LogP contribution >= 0.6 is 0 Å². The highest BCUT2D eigenvalue weighted by molar-refractivity contribution is 5.15. The van der Waals surface area contributed by atoms with Gasteiger partial charge >= 0.3 is 0 Å². The average Bonchev–Trinajstić information content (AvgIpc) is 2.86. The fourth-order valence-electron chi connectivity index (χ4n) is 2.33. The van der Waals surface area contributed by atoms with Crippen LogP contribution in [0.25, 0.3) is 0 Å². The van der Waals surface area contributed by atoms with Gasteiger partial charge in [-0.05, 0) is 31.4 Å². The zero-order valence-corrected chi connectivity index (χ0v) is 11.8. The molecule has 0 fully saturated rings. The zero-order chi connectivity index (χ0) is 13.5. The van der Waals surface area contributed by atoms with Crippen LogP contribution in [0.1, 0.15) is 37.1 Å². The molecular formula is C16H23N3. The molecule has 0 aliphatic carbocycles. The Hall–Kier alpha value is -1.61. The van der Waals surface area contributed by atoms with Crippen LogP contribution in [0.15, 0.2) is 42.9 Å². The second-order valence-corrected chi connectivity index (χ2v) is 4.96. The lowest BCUT2D eigenvalue weighted by molar-refractivity contribution is 0.477. The molecule has 2 aromatic rings. The first-order valence-electron chi connectivity index (χ1n) is 7.04. The number of imidazole rings is 1. The van der Waals surface area contributed by atoms with E-state index in [1.165, 1.54) is 11.3 Å². The molecule has 1 aromatic carbocycles. The summed E-state index contributed by atoms with van der Waals surface area (Å²) < 4.78 is 2.11. The van der Waals surface area contributed by atoms with Gasteiger partial charge in [0.05, 0.1) is 12.0 Å². The highest BCUT2D eigenvalue weighted by Gasteiger charge is 2.13. The predicted molar refractivity (Wildman–Crippen MR) is 79.0 cm³/mol. The van der Waals surface area contributed by atoms with Crippen LogP contribution in [0.4, 0.5) is 0 Å². The largest absolute Gasteiger partial charge is 0.336 e. The van der Waals surface area contributed by atoms with E-state index in [0.717, 1.165) is 25.8 Å². The third kappa shape index (κ3) is 3.93. The summed E-state index contributed by atoms with van der Waals surface area (Å²) in [5.74, 6) is 0. The molecule has 0 saturated carbocycles. The highest BCUT2D eigenvalue weighted by Crippen LogP contribution is 2.18. The van der Waals surface area contributed by atoms with Gasteiger partial charge in [-0.2, -0.15) is 0 Å². The van der Waals surface area contributed by atoms with Crippen molar-refractivity contribution in [3.63, 3.8) is 0 Å². The molecule has 0 saturated heterocycles. The summed E-state index contributed by atoms with van der Waals surface area (Å²) in [6, 6.07) is 11.0. The minimum absolute atomic E-state index is 0.382. The fraction of sp³-hybridized carbons (Fsp3) is 0.438. The van der Waals surface area contributed by atoms with Crippen molar-refractivity contribution in [2.75, 3.05) is 6.54 Å². The molecule has 0 spiro atoms. The summed E-state index contributed by atoms with van der Waals surface area (Å²) in [6.45, 7) is 3.25. The van der Waals surface area contributed by atoms with E-state index in [0.29, 0.717) is 6.04 Å². The van der Waals surface area contributed by atoms with E-state index in [9.17, 15) is 0 Å². The monoisotopic (exact) mass is 257 g/mol. The number of rotatable bonds is 7. The van der Waals surface area contributed by atoms with Crippen LogP contribution in [0.3, 0.4) is 0 Å². The molecule has 3 heteroatoms. The van der Waals surface area contributed by atoms with E-state index in [1.54, 1.807) is 0 Å². The van der Waals surface area contributed by atoms with Crippen LogP contribution in [0.2, 0.25) is 0 Å². The number of nitrogens with one attached hydrogen (secondary N) is 1. The Bertz CT molecular complexity index is 476. The molecule has 19 heavy (non-hydrogen) atoms. The first-order valence-corrected chi connectivity index (χ1v) is 7.04. The SMILES string of the molecule is CCCNC(CCc1ccccc1)c1cncn1C. The second-order valence-electron chi connectivity index (χ2n) is 4.96. The van der Waals surface area contributed by atoms with Crippen molar-refractivity contribution in [1.29, 1.82) is 0 Å².